The van der Waals surface area contributed by atoms with Crippen molar-refractivity contribution in [2.24, 2.45) is 0 Å². The van der Waals surface area contributed by atoms with Crippen molar-refractivity contribution in [3.63, 3.8) is 0 Å². The maximum absolute atomic E-state index is 12.7. The van der Waals surface area contributed by atoms with E-state index >= 15 is 0 Å². The first kappa shape index (κ1) is 14.9. The number of rotatable bonds is 4. The van der Waals surface area contributed by atoms with Gasteiger partial charge in [0.25, 0.3) is 5.91 Å². The lowest BCUT2D eigenvalue weighted by atomic mass is 10.2. The van der Waals surface area contributed by atoms with Gasteiger partial charge < -0.3 is 10.1 Å². The molecule has 1 amide bonds. The van der Waals surface area contributed by atoms with E-state index in [0.717, 1.165) is 12.1 Å². The third-order valence-corrected chi connectivity index (χ3v) is 2.23. The molecule has 102 valence electrons. The molecule has 0 bridgehead atoms. The van der Waals surface area contributed by atoms with Gasteiger partial charge in [0.1, 0.15) is 5.75 Å². The van der Waals surface area contributed by atoms with Crippen LogP contribution in [0.5, 0.6) is 5.75 Å². The highest BCUT2D eigenvalue weighted by atomic mass is 19.4. The fourth-order valence-electron chi connectivity index (χ4n) is 1.33. The molecule has 1 rings (SSSR count). The molecule has 0 heterocycles. The topological polar surface area (TPSA) is 38.3 Å². The standard InChI is InChI=1S/C13H12F3NO2/c1-3-8-17-12(18)9(2)19-11-7-5-4-6-10(11)13(14,15)16/h1,4-7,9H,8H2,2H3,(H,17,18)/t9-/m0/s1. The van der Waals surface area contributed by atoms with Crippen LogP contribution in [0, 0.1) is 12.3 Å². The van der Waals surface area contributed by atoms with Crippen molar-refractivity contribution in [2.75, 3.05) is 6.54 Å². The lowest BCUT2D eigenvalue weighted by Gasteiger charge is -2.17. The minimum atomic E-state index is -4.54. The first-order valence-electron chi connectivity index (χ1n) is 5.40. The summed E-state index contributed by atoms with van der Waals surface area (Å²) in [6, 6.07) is 4.70. The highest BCUT2D eigenvalue weighted by molar-refractivity contribution is 5.80. The molecule has 3 nitrogen and oxygen atoms in total. The molecule has 1 aromatic rings. The summed E-state index contributed by atoms with van der Waals surface area (Å²) in [4.78, 5) is 11.5. The Morgan fingerprint density at radius 1 is 1.47 bits per heavy atom. The van der Waals surface area contributed by atoms with Crippen LogP contribution in [0.3, 0.4) is 0 Å². The fourth-order valence-corrected chi connectivity index (χ4v) is 1.33. The van der Waals surface area contributed by atoms with Gasteiger partial charge in [0.2, 0.25) is 0 Å². The lowest BCUT2D eigenvalue weighted by Crippen LogP contribution is -2.36. The van der Waals surface area contributed by atoms with E-state index in [4.69, 9.17) is 11.2 Å². The number of carbonyl (C=O) groups is 1. The van der Waals surface area contributed by atoms with E-state index in [1.807, 2.05) is 0 Å². The van der Waals surface area contributed by atoms with Gasteiger partial charge in [-0.05, 0) is 19.1 Å². The van der Waals surface area contributed by atoms with E-state index < -0.39 is 29.5 Å². The number of amides is 1. The number of hydrogen-bond donors (Lipinski definition) is 1. The average molecular weight is 271 g/mol. The van der Waals surface area contributed by atoms with E-state index in [2.05, 4.69) is 11.2 Å². The Labute approximate surface area is 108 Å². The molecule has 0 aliphatic rings. The smallest absolute Gasteiger partial charge is 0.419 e. The first-order chi connectivity index (χ1) is 8.86. The van der Waals surface area contributed by atoms with Crippen LogP contribution in [-0.4, -0.2) is 18.6 Å². The second-order valence-corrected chi connectivity index (χ2v) is 3.68. The molecule has 0 aliphatic carbocycles. The number of ether oxygens (including phenoxy) is 1. The molecule has 1 aromatic carbocycles. The third-order valence-electron chi connectivity index (χ3n) is 2.23. The normalized spacial score (nSPS) is 12.4. The van der Waals surface area contributed by atoms with Crippen molar-refractivity contribution in [1.82, 2.24) is 5.32 Å². The Bertz CT molecular complexity index is 491. The number of carbonyl (C=O) groups excluding carboxylic acids is 1. The quantitative estimate of drug-likeness (QED) is 0.853. The van der Waals surface area contributed by atoms with Crippen molar-refractivity contribution in [1.29, 1.82) is 0 Å². The molecule has 0 saturated carbocycles. The minimum absolute atomic E-state index is 0.00650. The Morgan fingerprint density at radius 2 is 2.11 bits per heavy atom. The average Bonchev–Trinajstić information content (AvgIpc) is 2.35. The van der Waals surface area contributed by atoms with E-state index in [1.54, 1.807) is 0 Å². The van der Waals surface area contributed by atoms with Crippen LogP contribution in [0.1, 0.15) is 12.5 Å². The summed E-state index contributed by atoms with van der Waals surface area (Å²) in [7, 11) is 0. The lowest BCUT2D eigenvalue weighted by molar-refractivity contribution is -0.140. The molecule has 0 unspecified atom stereocenters. The SMILES string of the molecule is C#CCNC(=O)[C@H](C)Oc1ccccc1C(F)(F)F. The highest BCUT2D eigenvalue weighted by Crippen LogP contribution is 2.36. The molecule has 0 aromatic heterocycles. The van der Waals surface area contributed by atoms with Crippen molar-refractivity contribution in [3.8, 4) is 18.1 Å². The molecule has 6 heteroatoms. The summed E-state index contributed by atoms with van der Waals surface area (Å²) in [6.07, 6.45) is -0.652. The molecule has 0 saturated heterocycles. The van der Waals surface area contributed by atoms with Gasteiger partial charge in [-0.2, -0.15) is 13.2 Å². The Balaban J connectivity index is 2.83. The van der Waals surface area contributed by atoms with Gasteiger partial charge in [0, 0.05) is 0 Å². The summed E-state index contributed by atoms with van der Waals surface area (Å²) in [6.45, 7) is 1.34. The van der Waals surface area contributed by atoms with Crippen LogP contribution in [0.2, 0.25) is 0 Å². The molecule has 1 N–H and O–H groups in total. The molecule has 0 radical (unpaired) electrons. The van der Waals surface area contributed by atoms with Gasteiger partial charge in [-0.15, -0.1) is 6.42 Å². The largest absolute Gasteiger partial charge is 0.480 e. The Kier molecular flexibility index (Phi) is 4.81. The number of hydrogen-bond acceptors (Lipinski definition) is 2. The zero-order valence-electron chi connectivity index (χ0n) is 10.1. The van der Waals surface area contributed by atoms with Crippen LogP contribution in [0.4, 0.5) is 13.2 Å². The van der Waals surface area contributed by atoms with Gasteiger partial charge in [-0.1, -0.05) is 18.1 Å². The molecule has 19 heavy (non-hydrogen) atoms. The molecule has 0 aliphatic heterocycles. The van der Waals surface area contributed by atoms with E-state index in [0.29, 0.717) is 0 Å². The zero-order valence-corrected chi connectivity index (χ0v) is 10.1. The Morgan fingerprint density at radius 3 is 2.68 bits per heavy atom. The fraction of sp³-hybridized carbons (Fsp3) is 0.308. The van der Waals surface area contributed by atoms with Crippen LogP contribution in [0.15, 0.2) is 24.3 Å². The predicted octanol–water partition coefficient (Wildman–Crippen LogP) is 2.22. The highest BCUT2D eigenvalue weighted by Gasteiger charge is 2.34. The van der Waals surface area contributed by atoms with Gasteiger partial charge in [-0.25, -0.2) is 0 Å². The molecular formula is C13H12F3NO2. The molecule has 0 fully saturated rings. The van der Waals surface area contributed by atoms with Crippen LogP contribution in [0.25, 0.3) is 0 Å². The van der Waals surface area contributed by atoms with Crippen molar-refractivity contribution in [3.05, 3.63) is 29.8 Å². The van der Waals surface area contributed by atoms with Crippen LogP contribution in [-0.2, 0) is 11.0 Å². The minimum Gasteiger partial charge on any atom is -0.480 e. The number of alkyl halides is 3. The Hall–Kier alpha value is -2.16. The van der Waals surface area contributed by atoms with E-state index in [9.17, 15) is 18.0 Å². The summed E-state index contributed by atoms with van der Waals surface area (Å²) in [5.41, 5.74) is -0.924. The van der Waals surface area contributed by atoms with Crippen molar-refractivity contribution in [2.45, 2.75) is 19.2 Å². The first-order valence-corrected chi connectivity index (χ1v) is 5.40. The second kappa shape index (κ2) is 6.14. The summed E-state index contributed by atoms with van der Waals surface area (Å²) in [5.74, 6) is 1.22. The molecule has 0 spiro atoms. The summed E-state index contributed by atoms with van der Waals surface area (Å²) < 4.78 is 43.1. The van der Waals surface area contributed by atoms with Crippen LogP contribution >= 0.6 is 0 Å². The van der Waals surface area contributed by atoms with Crippen molar-refractivity contribution < 1.29 is 22.7 Å². The summed E-state index contributed by atoms with van der Waals surface area (Å²) in [5, 5.41) is 2.33. The third kappa shape index (κ3) is 4.21. The van der Waals surface area contributed by atoms with Crippen molar-refractivity contribution >= 4 is 5.91 Å². The van der Waals surface area contributed by atoms with Crippen LogP contribution < -0.4 is 10.1 Å². The predicted molar refractivity (Wildman–Crippen MR) is 63.4 cm³/mol. The van der Waals surface area contributed by atoms with Gasteiger partial charge >= 0.3 is 6.18 Å². The maximum Gasteiger partial charge on any atom is 0.419 e. The van der Waals surface area contributed by atoms with E-state index in [-0.39, 0.29) is 6.54 Å². The van der Waals surface area contributed by atoms with Gasteiger partial charge in [-0.3, -0.25) is 4.79 Å². The number of terminal acetylenes is 1. The maximum atomic E-state index is 12.7. The number of nitrogens with one attached hydrogen (secondary N) is 1. The second-order valence-electron chi connectivity index (χ2n) is 3.68. The van der Waals surface area contributed by atoms with E-state index in [1.165, 1.54) is 19.1 Å². The molecular weight excluding hydrogens is 259 g/mol. The molecule has 1 atom stereocenters. The zero-order chi connectivity index (χ0) is 14.5. The van der Waals surface area contributed by atoms with Gasteiger partial charge in [0.15, 0.2) is 6.10 Å². The number of benzene rings is 1. The number of para-hydroxylation sites is 1. The number of halogens is 3. The monoisotopic (exact) mass is 271 g/mol. The van der Waals surface area contributed by atoms with Gasteiger partial charge in [0.05, 0.1) is 12.1 Å². The summed E-state index contributed by atoms with van der Waals surface area (Å²) >= 11 is 0.